The van der Waals surface area contributed by atoms with Gasteiger partial charge in [0.05, 0.1) is 11.8 Å². The molecule has 0 amide bonds. The molecule has 0 aliphatic rings. The lowest BCUT2D eigenvalue weighted by atomic mass is 10.1. The molecule has 96 valence electrons. The van der Waals surface area contributed by atoms with Gasteiger partial charge in [-0.05, 0) is 32.9 Å². The van der Waals surface area contributed by atoms with Gasteiger partial charge in [-0.2, -0.15) is 0 Å². The van der Waals surface area contributed by atoms with Gasteiger partial charge in [0.25, 0.3) is 0 Å². The highest BCUT2D eigenvalue weighted by Crippen LogP contribution is 2.27. The smallest absolute Gasteiger partial charge is 0.174 e. The van der Waals surface area contributed by atoms with E-state index in [1.54, 1.807) is 6.92 Å². The van der Waals surface area contributed by atoms with Gasteiger partial charge in [0.2, 0.25) is 0 Å². The van der Waals surface area contributed by atoms with Gasteiger partial charge >= 0.3 is 0 Å². The van der Waals surface area contributed by atoms with Crippen molar-refractivity contribution in [2.24, 2.45) is 0 Å². The first kappa shape index (κ1) is 12.6. The second-order valence-corrected chi connectivity index (χ2v) is 4.44. The van der Waals surface area contributed by atoms with Crippen molar-refractivity contribution < 1.29 is 14.4 Å². The van der Waals surface area contributed by atoms with E-state index in [0.717, 1.165) is 16.8 Å². The largest absolute Gasteiger partial charge is 0.485 e. The molecule has 0 spiro atoms. The zero-order valence-corrected chi connectivity index (χ0v) is 10.8. The predicted molar refractivity (Wildman–Crippen MR) is 67.4 cm³/mol. The molecule has 0 aliphatic carbocycles. The second-order valence-electron chi connectivity index (χ2n) is 4.44. The van der Waals surface area contributed by atoms with Crippen LogP contribution in [0, 0.1) is 13.8 Å². The van der Waals surface area contributed by atoms with E-state index in [9.17, 15) is 5.11 Å². The molecule has 1 aromatic heterocycles. The zero-order valence-electron chi connectivity index (χ0n) is 10.8. The fourth-order valence-electron chi connectivity index (χ4n) is 1.76. The Balaban J connectivity index is 2.13. The Bertz CT molecular complexity index is 532. The average molecular weight is 247 g/mol. The third-order valence-electron chi connectivity index (χ3n) is 2.66. The lowest BCUT2D eigenvalue weighted by Gasteiger charge is -2.13. The maximum Gasteiger partial charge on any atom is 0.174 e. The summed E-state index contributed by atoms with van der Waals surface area (Å²) >= 11 is 0. The molecule has 2 aromatic rings. The molecule has 1 heterocycles. The highest BCUT2D eigenvalue weighted by molar-refractivity contribution is 5.38. The van der Waals surface area contributed by atoms with E-state index in [1.807, 2.05) is 38.1 Å². The number of rotatable bonds is 4. The summed E-state index contributed by atoms with van der Waals surface area (Å²) < 4.78 is 10.7. The number of aliphatic hydroxyl groups is 1. The Morgan fingerprint density at radius 2 is 2.11 bits per heavy atom. The quantitative estimate of drug-likeness (QED) is 0.902. The Hall–Kier alpha value is -1.81. The molecule has 0 aliphatic heterocycles. The van der Waals surface area contributed by atoms with Crippen LogP contribution >= 0.6 is 0 Å². The van der Waals surface area contributed by atoms with Gasteiger partial charge in [-0.1, -0.05) is 16.8 Å². The number of aliphatic hydroxyl groups excluding tert-OH is 1. The van der Waals surface area contributed by atoms with Gasteiger partial charge in [0, 0.05) is 11.6 Å². The third-order valence-corrected chi connectivity index (χ3v) is 2.66. The first-order chi connectivity index (χ1) is 8.56. The molecule has 4 nitrogen and oxygen atoms in total. The number of hydrogen-bond donors (Lipinski definition) is 1. The Kier molecular flexibility index (Phi) is 3.67. The van der Waals surface area contributed by atoms with Crippen LogP contribution in [0.5, 0.6) is 5.75 Å². The number of hydrogen-bond acceptors (Lipinski definition) is 4. The van der Waals surface area contributed by atoms with E-state index >= 15 is 0 Å². The number of nitrogens with zero attached hydrogens (tertiary/aromatic N) is 1. The van der Waals surface area contributed by atoms with Gasteiger partial charge in [-0.25, -0.2) is 0 Å². The maximum absolute atomic E-state index is 9.71. The number of benzene rings is 1. The SMILES string of the molecule is Cc1ccc(OCc2cc(C)no2)c([C@@H](C)O)c1. The maximum atomic E-state index is 9.71. The van der Waals surface area contributed by atoms with E-state index in [2.05, 4.69) is 5.16 Å². The molecular weight excluding hydrogens is 230 g/mol. The molecule has 0 saturated carbocycles. The van der Waals surface area contributed by atoms with Crippen LogP contribution in [0.1, 0.15) is 35.6 Å². The molecular formula is C14H17NO3. The topological polar surface area (TPSA) is 55.5 Å². The van der Waals surface area contributed by atoms with Gasteiger partial charge < -0.3 is 14.4 Å². The van der Waals surface area contributed by atoms with Crippen molar-refractivity contribution in [1.82, 2.24) is 5.16 Å². The fraction of sp³-hybridized carbons (Fsp3) is 0.357. The van der Waals surface area contributed by atoms with Crippen LogP contribution in [0.3, 0.4) is 0 Å². The summed E-state index contributed by atoms with van der Waals surface area (Å²) in [6.45, 7) is 5.87. The first-order valence-electron chi connectivity index (χ1n) is 5.90. The normalized spacial score (nSPS) is 12.4. The summed E-state index contributed by atoms with van der Waals surface area (Å²) in [5.41, 5.74) is 2.70. The second kappa shape index (κ2) is 5.23. The standard InChI is InChI=1S/C14H17NO3/c1-9-4-5-14(13(6-9)11(3)16)17-8-12-7-10(2)15-18-12/h4-7,11,16H,8H2,1-3H3/t11-/m1/s1. The fourth-order valence-corrected chi connectivity index (χ4v) is 1.76. The Morgan fingerprint density at radius 1 is 1.33 bits per heavy atom. The summed E-state index contributed by atoms with van der Waals surface area (Å²) in [5, 5.41) is 13.5. The molecule has 4 heteroatoms. The summed E-state index contributed by atoms with van der Waals surface area (Å²) in [6, 6.07) is 7.56. The van der Waals surface area contributed by atoms with E-state index in [0.29, 0.717) is 18.1 Å². The number of aromatic nitrogens is 1. The summed E-state index contributed by atoms with van der Waals surface area (Å²) in [4.78, 5) is 0. The highest BCUT2D eigenvalue weighted by Gasteiger charge is 2.10. The van der Waals surface area contributed by atoms with Crippen molar-refractivity contribution >= 4 is 0 Å². The molecule has 18 heavy (non-hydrogen) atoms. The van der Waals surface area contributed by atoms with Crippen LogP contribution < -0.4 is 4.74 Å². The van der Waals surface area contributed by atoms with Crippen LogP contribution in [-0.2, 0) is 6.61 Å². The van der Waals surface area contributed by atoms with E-state index in [-0.39, 0.29) is 0 Å². The van der Waals surface area contributed by atoms with Gasteiger partial charge in [-0.3, -0.25) is 0 Å². The van der Waals surface area contributed by atoms with Crippen molar-refractivity contribution in [1.29, 1.82) is 0 Å². The van der Waals surface area contributed by atoms with E-state index < -0.39 is 6.10 Å². The first-order valence-corrected chi connectivity index (χ1v) is 5.90. The van der Waals surface area contributed by atoms with Crippen molar-refractivity contribution in [2.45, 2.75) is 33.5 Å². The predicted octanol–water partition coefficient (Wildman–Crippen LogP) is 2.92. The van der Waals surface area contributed by atoms with Crippen LogP contribution in [0.25, 0.3) is 0 Å². The molecule has 0 unspecified atom stereocenters. The van der Waals surface area contributed by atoms with Gasteiger partial charge in [0.1, 0.15) is 12.4 Å². The van der Waals surface area contributed by atoms with Crippen LogP contribution in [0.15, 0.2) is 28.8 Å². The average Bonchev–Trinajstić information content (AvgIpc) is 2.73. The Labute approximate surface area is 106 Å². The lowest BCUT2D eigenvalue weighted by molar-refractivity contribution is 0.186. The summed E-state index contributed by atoms with van der Waals surface area (Å²) in [5.74, 6) is 1.34. The van der Waals surface area contributed by atoms with Gasteiger partial charge in [-0.15, -0.1) is 0 Å². The Morgan fingerprint density at radius 3 is 2.72 bits per heavy atom. The monoisotopic (exact) mass is 247 g/mol. The van der Waals surface area contributed by atoms with Crippen molar-refractivity contribution in [3.05, 3.63) is 46.8 Å². The molecule has 1 atom stereocenters. The minimum atomic E-state index is -0.559. The number of aryl methyl sites for hydroxylation is 2. The van der Waals surface area contributed by atoms with Crippen LogP contribution in [0.4, 0.5) is 0 Å². The van der Waals surface area contributed by atoms with E-state index in [1.165, 1.54) is 0 Å². The minimum absolute atomic E-state index is 0.309. The van der Waals surface area contributed by atoms with Crippen molar-refractivity contribution in [3.63, 3.8) is 0 Å². The molecule has 0 fully saturated rings. The molecule has 1 N–H and O–H groups in total. The third kappa shape index (κ3) is 2.90. The van der Waals surface area contributed by atoms with Crippen LogP contribution in [0.2, 0.25) is 0 Å². The van der Waals surface area contributed by atoms with Crippen molar-refractivity contribution in [3.8, 4) is 5.75 Å². The summed E-state index contributed by atoms with van der Waals surface area (Å²) in [7, 11) is 0. The summed E-state index contributed by atoms with van der Waals surface area (Å²) in [6.07, 6.45) is -0.559. The molecule has 1 aromatic carbocycles. The number of ether oxygens (including phenoxy) is 1. The molecule has 0 radical (unpaired) electrons. The van der Waals surface area contributed by atoms with Crippen LogP contribution in [-0.4, -0.2) is 10.3 Å². The van der Waals surface area contributed by atoms with E-state index in [4.69, 9.17) is 9.26 Å². The van der Waals surface area contributed by atoms with Crippen molar-refractivity contribution in [2.75, 3.05) is 0 Å². The molecule has 2 rings (SSSR count). The minimum Gasteiger partial charge on any atom is -0.485 e. The van der Waals surface area contributed by atoms with Gasteiger partial charge in [0.15, 0.2) is 5.76 Å². The zero-order chi connectivity index (χ0) is 13.1. The molecule has 0 saturated heterocycles. The lowest BCUT2D eigenvalue weighted by Crippen LogP contribution is -2.00. The molecule has 0 bridgehead atoms. The highest BCUT2D eigenvalue weighted by atomic mass is 16.5.